The Kier molecular flexibility index (Phi) is 5.59. The van der Waals surface area contributed by atoms with E-state index in [1.165, 1.54) is 0 Å². The highest BCUT2D eigenvalue weighted by Crippen LogP contribution is 2.16. The van der Waals surface area contributed by atoms with Crippen LogP contribution >= 0.6 is 0 Å². The summed E-state index contributed by atoms with van der Waals surface area (Å²) in [5.41, 5.74) is 4.12. The van der Waals surface area contributed by atoms with Crippen LogP contribution in [0.2, 0.25) is 0 Å². The van der Waals surface area contributed by atoms with Gasteiger partial charge < -0.3 is 10.1 Å². The summed E-state index contributed by atoms with van der Waals surface area (Å²) >= 11 is 0. The zero-order valence-electron chi connectivity index (χ0n) is 14.1. The minimum atomic E-state index is -0.496. The van der Waals surface area contributed by atoms with E-state index in [4.69, 9.17) is 4.74 Å². The molecule has 128 valence electrons. The molecule has 0 aliphatic rings. The van der Waals surface area contributed by atoms with Crippen LogP contribution in [0.4, 0.5) is 0 Å². The third-order valence-electron chi connectivity index (χ3n) is 3.94. The van der Waals surface area contributed by atoms with Gasteiger partial charge in [0, 0.05) is 12.7 Å². The van der Waals surface area contributed by atoms with Gasteiger partial charge in [-0.2, -0.15) is 5.10 Å². The van der Waals surface area contributed by atoms with E-state index in [0.29, 0.717) is 13.2 Å². The van der Waals surface area contributed by atoms with Crippen LogP contribution in [0.1, 0.15) is 18.1 Å². The standard InChI is InChI=1S/C20H21N3O2/c1-15(25-14-17-5-3-2-4-6-17)20(24)21-13-16-7-9-18(10-8-16)19-11-12-22-23-19/h2-12,15H,13-14H2,1H3,(H,21,24)(H,22,23). The van der Waals surface area contributed by atoms with Gasteiger partial charge in [-0.3, -0.25) is 9.89 Å². The number of aromatic amines is 1. The van der Waals surface area contributed by atoms with Gasteiger partial charge in [-0.1, -0.05) is 54.6 Å². The number of nitrogens with one attached hydrogen (secondary N) is 2. The largest absolute Gasteiger partial charge is 0.364 e. The van der Waals surface area contributed by atoms with Crippen molar-refractivity contribution in [2.75, 3.05) is 0 Å². The van der Waals surface area contributed by atoms with Gasteiger partial charge in [-0.15, -0.1) is 0 Å². The van der Waals surface area contributed by atoms with Crippen molar-refractivity contribution < 1.29 is 9.53 Å². The summed E-state index contributed by atoms with van der Waals surface area (Å²) in [4.78, 5) is 12.1. The van der Waals surface area contributed by atoms with Crippen LogP contribution in [0.25, 0.3) is 11.3 Å². The minimum absolute atomic E-state index is 0.117. The zero-order chi connectivity index (χ0) is 17.5. The fraction of sp³-hybridized carbons (Fsp3) is 0.200. The van der Waals surface area contributed by atoms with E-state index in [0.717, 1.165) is 22.4 Å². The first-order chi connectivity index (χ1) is 12.2. The van der Waals surface area contributed by atoms with Gasteiger partial charge in [0.2, 0.25) is 5.91 Å². The summed E-state index contributed by atoms with van der Waals surface area (Å²) in [5, 5.41) is 9.78. The Morgan fingerprint density at radius 1 is 1.08 bits per heavy atom. The second-order valence-electron chi connectivity index (χ2n) is 5.82. The third kappa shape index (κ3) is 4.78. The Bertz CT molecular complexity index is 784. The fourth-order valence-electron chi connectivity index (χ4n) is 2.42. The number of carbonyl (C=O) groups is 1. The van der Waals surface area contributed by atoms with Gasteiger partial charge in [0.1, 0.15) is 6.10 Å². The molecule has 3 aromatic rings. The van der Waals surface area contributed by atoms with Crippen molar-refractivity contribution in [3.8, 4) is 11.3 Å². The summed E-state index contributed by atoms with van der Waals surface area (Å²) in [7, 11) is 0. The van der Waals surface area contributed by atoms with Gasteiger partial charge in [-0.25, -0.2) is 0 Å². The summed E-state index contributed by atoms with van der Waals surface area (Å²) in [6.07, 6.45) is 1.23. The third-order valence-corrected chi connectivity index (χ3v) is 3.94. The molecular formula is C20H21N3O2. The Balaban J connectivity index is 1.46. The van der Waals surface area contributed by atoms with Crippen molar-refractivity contribution in [2.45, 2.75) is 26.2 Å². The van der Waals surface area contributed by atoms with E-state index < -0.39 is 6.10 Å². The maximum atomic E-state index is 12.1. The van der Waals surface area contributed by atoms with Crippen LogP contribution < -0.4 is 5.32 Å². The monoisotopic (exact) mass is 335 g/mol. The second kappa shape index (κ2) is 8.26. The number of aromatic nitrogens is 2. The summed E-state index contributed by atoms with van der Waals surface area (Å²) in [6, 6.07) is 19.7. The van der Waals surface area contributed by atoms with Gasteiger partial charge in [0.15, 0.2) is 0 Å². The molecule has 0 bridgehead atoms. The predicted octanol–water partition coefficient (Wildman–Crippen LogP) is 3.30. The lowest BCUT2D eigenvalue weighted by Crippen LogP contribution is -2.33. The molecule has 0 saturated heterocycles. The average Bonchev–Trinajstić information content (AvgIpc) is 3.20. The summed E-state index contributed by atoms with van der Waals surface area (Å²) in [6.45, 7) is 2.66. The van der Waals surface area contributed by atoms with Crippen molar-refractivity contribution in [1.82, 2.24) is 15.5 Å². The van der Waals surface area contributed by atoms with Crippen LogP contribution in [0.15, 0.2) is 66.9 Å². The molecular weight excluding hydrogens is 314 g/mol. The number of hydrogen-bond acceptors (Lipinski definition) is 3. The molecule has 25 heavy (non-hydrogen) atoms. The number of rotatable bonds is 7. The van der Waals surface area contributed by atoms with Crippen molar-refractivity contribution in [1.29, 1.82) is 0 Å². The quantitative estimate of drug-likeness (QED) is 0.696. The fourth-order valence-corrected chi connectivity index (χ4v) is 2.42. The van der Waals surface area contributed by atoms with Crippen molar-refractivity contribution in [3.05, 3.63) is 78.0 Å². The van der Waals surface area contributed by atoms with E-state index in [1.807, 2.05) is 60.7 Å². The van der Waals surface area contributed by atoms with Crippen LogP contribution in [0.3, 0.4) is 0 Å². The predicted molar refractivity (Wildman–Crippen MR) is 96.6 cm³/mol. The first-order valence-electron chi connectivity index (χ1n) is 8.24. The first-order valence-corrected chi connectivity index (χ1v) is 8.24. The van der Waals surface area contributed by atoms with Crippen LogP contribution in [0, 0.1) is 0 Å². The lowest BCUT2D eigenvalue weighted by molar-refractivity contribution is -0.132. The Labute approximate surface area is 147 Å². The topological polar surface area (TPSA) is 67.0 Å². The van der Waals surface area contributed by atoms with Crippen molar-refractivity contribution >= 4 is 5.91 Å². The van der Waals surface area contributed by atoms with Crippen molar-refractivity contribution in [2.24, 2.45) is 0 Å². The molecule has 2 aromatic carbocycles. The average molecular weight is 335 g/mol. The number of ether oxygens (including phenoxy) is 1. The normalized spacial score (nSPS) is 11.9. The van der Waals surface area contributed by atoms with E-state index in [-0.39, 0.29) is 5.91 Å². The summed E-state index contributed by atoms with van der Waals surface area (Å²) < 4.78 is 5.62. The van der Waals surface area contributed by atoms with E-state index in [9.17, 15) is 4.79 Å². The molecule has 0 saturated carbocycles. The smallest absolute Gasteiger partial charge is 0.249 e. The number of nitrogens with zero attached hydrogens (tertiary/aromatic N) is 1. The molecule has 0 fully saturated rings. The Hall–Kier alpha value is -2.92. The van der Waals surface area contributed by atoms with Gasteiger partial charge in [-0.05, 0) is 29.7 Å². The zero-order valence-corrected chi connectivity index (χ0v) is 14.1. The van der Waals surface area contributed by atoms with E-state index in [1.54, 1.807) is 13.1 Å². The number of benzene rings is 2. The summed E-state index contributed by atoms with van der Waals surface area (Å²) in [5.74, 6) is -0.117. The van der Waals surface area contributed by atoms with Gasteiger partial charge in [0.25, 0.3) is 0 Å². The van der Waals surface area contributed by atoms with Crippen LogP contribution in [-0.2, 0) is 22.7 Å². The van der Waals surface area contributed by atoms with Gasteiger partial charge >= 0.3 is 0 Å². The molecule has 5 nitrogen and oxygen atoms in total. The molecule has 1 unspecified atom stereocenters. The molecule has 1 aromatic heterocycles. The molecule has 1 atom stereocenters. The maximum Gasteiger partial charge on any atom is 0.249 e. The highest BCUT2D eigenvalue weighted by molar-refractivity contribution is 5.80. The molecule has 5 heteroatoms. The Morgan fingerprint density at radius 2 is 1.84 bits per heavy atom. The lowest BCUT2D eigenvalue weighted by Gasteiger charge is -2.13. The minimum Gasteiger partial charge on any atom is -0.364 e. The lowest BCUT2D eigenvalue weighted by atomic mass is 10.1. The number of hydrogen-bond donors (Lipinski definition) is 2. The molecule has 1 heterocycles. The van der Waals surface area contributed by atoms with Crippen LogP contribution in [-0.4, -0.2) is 22.2 Å². The van der Waals surface area contributed by atoms with E-state index >= 15 is 0 Å². The van der Waals surface area contributed by atoms with Crippen molar-refractivity contribution in [3.63, 3.8) is 0 Å². The molecule has 1 amide bonds. The molecule has 3 rings (SSSR count). The number of H-pyrrole nitrogens is 1. The van der Waals surface area contributed by atoms with E-state index in [2.05, 4.69) is 15.5 Å². The molecule has 0 radical (unpaired) electrons. The first kappa shape index (κ1) is 16.9. The maximum absolute atomic E-state index is 12.1. The number of carbonyl (C=O) groups excluding carboxylic acids is 1. The second-order valence-corrected chi connectivity index (χ2v) is 5.82. The number of amides is 1. The molecule has 0 spiro atoms. The van der Waals surface area contributed by atoms with Gasteiger partial charge in [0.05, 0.1) is 12.3 Å². The Morgan fingerprint density at radius 3 is 2.52 bits per heavy atom. The molecule has 0 aliphatic heterocycles. The molecule has 2 N–H and O–H groups in total. The highest BCUT2D eigenvalue weighted by atomic mass is 16.5. The highest BCUT2D eigenvalue weighted by Gasteiger charge is 2.13. The molecule has 0 aliphatic carbocycles. The SMILES string of the molecule is CC(OCc1ccccc1)C(=O)NCc1ccc(-c2ccn[nH]2)cc1. The van der Waals surface area contributed by atoms with Crippen LogP contribution in [0.5, 0.6) is 0 Å².